The fraction of sp³-hybridized carbons (Fsp3) is 0.400. The quantitative estimate of drug-likeness (QED) is 0.618. The minimum absolute atomic E-state index is 0.113. The first-order chi connectivity index (χ1) is 11.0. The molecule has 0 aliphatic carbocycles. The Balaban J connectivity index is 1.60. The van der Waals surface area contributed by atoms with Crippen molar-refractivity contribution in [1.82, 2.24) is 14.7 Å². The molecule has 2 aliphatic heterocycles. The van der Waals surface area contributed by atoms with Gasteiger partial charge in [0.2, 0.25) is 0 Å². The number of para-hydroxylation sites is 2. The van der Waals surface area contributed by atoms with Crippen molar-refractivity contribution in [2.75, 3.05) is 44.8 Å². The molecule has 2 fully saturated rings. The van der Waals surface area contributed by atoms with Crippen molar-refractivity contribution in [3.63, 3.8) is 0 Å². The number of hydrogen-bond donors (Lipinski definition) is 1. The first kappa shape index (κ1) is 15.3. The van der Waals surface area contributed by atoms with Gasteiger partial charge < -0.3 is 10.0 Å². The summed E-state index contributed by atoms with van der Waals surface area (Å²) in [6.45, 7) is 2.70. The lowest BCUT2D eigenvalue weighted by Crippen LogP contribution is -2.51. The summed E-state index contributed by atoms with van der Waals surface area (Å²) in [6, 6.07) is 6.55. The fourth-order valence-electron chi connectivity index (χ4n) is 2.80. The van der Waals surface area contributed by atoms with Crippen molar-refractivity contribution in [1.29, 1.82) is 0 Å². The van der Waals surface area contributed by atoms with Gasteiger partial charge in [-0.15, -0.1) is 0 Å². The lowest BCUT2D eigenvalue weighted by atomic mass is 10.2. The normalized spacial score (nSPS) is 19.9. The molecule has 1 aromatic carbocycles. The molecule has 2 aliphatic rings. The number of urea groups is 1. The van der Waals surface area contributed by atoms with E-state index in [4.69, 9.17) is 0 Å². The lowest BCUT2D eigenvalue weighted by Gasteiger charge is -2.37. The van der Waals surface area contributed by atoms with Crippen LogP contribution in [0.3, 0.4) is 0 Å². The maximum Gasteiger partial charge on any atom is 0.335 e. The molecule has 0 unspecified atom stereocenters. The van der Waals surface area contributed by atoms with Crippen LogP contribution in [0.2, 0.25) is 0 Å². The first-order valence-electron chi connectivity index (χ1n) is 7.38. The van der Waals surface area contributed by atoms with Gasteiger partial charge in [0, 0.05) is 33.2 Å². The summed E-state index contributed by atoms with van der Waals surface area (Å²) in [5, 5.41) is 9.89. The van der Waals surface area contributed by atoms with Crippen molar-refractivity contribution in [2.45, 2.75) is 0 Å². The Hall–Kier alpha value is -2.61. The molecule has 8 heteroatoms. The zero-order valence-electron chi connectivity index (χ0n) is 12.8. The Morgan fingerprint density at radius 2 is 1.65 bits per heavy atom. The van der Waals surface area contributed by atoms with E-state index in [1.54, 1.807) is 12.1 Å². The number of phenolic OH excluding ortho intramolecular Hbond substituents is 1. The van der Waals surface area contributed by atoms with E-state index in [1.807, 2.05) is 17.0 Å². The Kier molecular flexibility index (Phi) is 3.91. The van der Waals surface area contributed by atoms with E-state index >= 15 is 0 Å². The molecular weight excluding hydrogens is 300 g/mol. The minimum atomic E-state index is -0.789. The summed E-state index contributed by atoms with van der Waals surface area (Å²) in [7, 11) is 1.30. The summed E-state index contributed by atoms with van der Waals surface area (Å²) in [5.41, 5.74) is 0.774. The van der Waals surface area contributed by atoms with Gasteiger partial charge in [0.25, 0.3) is 0 Å². The molecule has 1 aromatic rings. The fourth-order valence-corrected chi connectivity index (χ4v) is 2.80. The topological polar surface area (TPSA) is 84.4 Å². The maximum atomic E-state index is 11.9. The predicted octanol–water partition coefficient (Wildman–Crippen LogP) is -0.108. The van der Waals surface area contributed by atoms with E-state index in [1.165, 1.54) is 7.05 Å². The summed E-state index contributed by atoms with van der Waals surface area (Å²) in [4.78, 5) is 40.9. The van der Waals surface area contributed by atoms with Crippen LogP contribution in [0.1, 0.15) is 0 Å². The molecule has 0 spiro atoms. The van der Waals surface area contributed by atoms with Crippen LogP contribution in [0.25, 0.3) is 0 Å². The van der Waals surface area contributed by atoms with Gasteiger partial charge in [-0.3, -0.25) is 19.4 Å². The second-order valence-electron chi connectivity index (χ2n) is 5.62. The van der Waals surface area contributed by atoms with Gasteiger partial charge >= 0.3 is 17.8 Å². The second-order valence-corrected chi connectivity index (χ2v) is 5.62. The number of carbonyl (C=O) groups is 3. The number of phenols is 1. The molecule has 3 rings (SSSR count). The first-order valence-corrected chi connectivity index (χ1v) is 7.38. The van der Waals surface area contributed by atoms with Crippen LogP contribution in [0, 0.1) is 0 Å². The number of piperazine rings is 1. The third kappa shape index (κ3) is 2.72. The van der Waals surface area contributed by atoms with Gasteiger partial charge in [0.05, 0.1) is 12.4 Å². The molecule has 2 heterocycles. The third-order valence-corrected chi connectivity index (χ3v) is 4.19. The third-order valence-electron chi connectivity index (χ3n) is 4.19. The number of likely N-dealkylation sites (N-methyl/N-ethyl adjacent to an activating group) is 1. The van der Waals surface area contributed by atoms with Gasteiger partial charge in [-0.05, 0) is 12.1 Å². The number of anilines is 1. The number of benzene rings is 1. The van der Waals surface area contributed by atoms with Crippen molar-refractivity contribution in [3.05, 3.63) is 24.3 Å². The molecule has 0 atom stereocenters. The second kappa shape index (κ2) is 5.88. The summed E-state index contributed by atoms with van der Waals surface area (Å²) in [6.07, 6.45) is 0. The SMILES string of the molecule is CN1C(=O)C(=O)N(CN2CCN(c3ccccc3O)CC2)C1=O. The molecule has 122 valence electrons. The Bertz CT molecular complexity index is 655. The van der Waals surface area contributed by atoms with E-state index in [2.05, 4.69) is 4.90 Å². The van der Waals surface area contributed by atoms with Crippen LogP contribution in [-0.2, 0) is 9.59 Å². The van der Waals surface area contributed by atoms with Crippen LogP contribution >= 0.6 is 0 Å². The zero-order chi connectivity index (χ0) is 16.6. The van der Waals surface area contributed by atoms with Gasteiger partial charge in [-0.1, -0.05) is 12.1 Å². The van der Waals surface area contributed by atoms with Crippen molar-refractivity contribution < 1.29 is 19.5 Å². The number of hydrogen-bond acceptors (Lipinski definition) is 6. The molecule has 4 amide bonds. The minimum Gasteiger partial charge on any atom is -0.506 e. The Morgan fingerprint density at radius 1 is 1.00 bits per heavy atom. The van der Waals surface area contributed by atoms with Gasteiger partial charge in [0.15, 0.2) is 0 Å². The molecule has 1 N–H and O–H groups in total. The highest BCUT2D eigenvalue weighted by Crippen LogP contribution is 2.27. The average molecular weight is 318 g/mol. The molecule has 23 heavy (non-hydrogen) atoms. The van der Waals surface area contributed by atoms with Crippen LogP contribution in [0.15, 0.2) is 24.3 Å². The van der Waals surface area contributed by atoms with Crippen molar-refractivity contribution >= 4 is 23.5 Å². The Morgan fingerprint density at radius 3 is 2.22 bits per heavy atom. The van der Waals surface area contributed by atoms with E-state index in [-0.39, 0.29) is 12.4 Å². The molecular formula is C15H18N4O4. The molecule has 8 nitrogen and oxygen atoms in total. The highest BCUT2D eigenvalue weighted by atomic mass is 16.3. The van der Waals surface area contributed by atoms with Crippen molar-refractivity contribution in [3.8, 4) is 5.75 Å². The summed E-state index contributed by atoms with van der Waals surface area (Å²) < 4.78 is 0. The van der Waals surface area contributed by atoms with E-state index in [9.17, 15) is 19.5 Å². The standard InChI is InChI=1S/C15H18N4O4/c1-16-13(21)14(22)19(15(16)23)10-17-6-8-18(9-7-17)11-4-2-3-5-12(11)20/h2-5,20H,6-10H2,1H3. The van der Waals surface area contributed by atoms with Gasteiger partial charge in [-0.2, -0.15) is 0 Å². The number of amides is 4. The molecule has 0 radical (unpaired) electrons. The molecule has 0 saturated carbocycles. The van der Waals surface area contributed by atoms with Crippen LogP contribution < -0.4 is 4.90 Å². The van der Waals surface area contributed by atoms with E-state index in [0.717, 1.165) is 15.5 Å². The van der Waals surface area contributed by atoms with Crippen LogP contribution in [0.4, 0.5) is 10.5 Å². The summed E-state index contributed by atoms with van der Waals surface area (Å²) >= 11 is 0. The number of rotatable bonds is 3. The number of imide groups is 2. The molecule has 2 saturated heterocycles. The zero-order valence-corrected chi connectivity index (χ0v) is 12.8. The molecule has 0 aromatic heterocycles. The smallest absolute Gasteiger partial charge is 0.335 e. The van der Waals surface area contributed by atoms with Gasteiger partial charge in [0.1, 0.15) is 5.75 Å². The maximum absolute atomic E-state index is 11.9. The predicted molar refractivity (Wildman–Crippen MR) is 81.8 cm³/mol. The van der Waals surface area contributed by atoms with Crippen molar-refractivity contribution in [2.24, 2.45) is 0 Å². The van der Waals surface area contributed by atoms with Crippen LogP contribution in [0.5, 0.6) is 5.75 Å². The van der Waals surface area contributed by atoms with E-state index in [0.29, 0.717) is 26.2 Å². The molecule has 0 bridgehead atoms. The van der Waals surface area contributed by atoms with Crippen LogP contribution in [-0.4, -0.2) is 77.5 Å². The Labute approximate surface area is 133 Å². The highest BCUT2D eigenvalue weighted by Gasteiger charge is 2.42. The lowest BCUT2D eigenvalue weighted by molar-refractivity contribution is -0.143. The van der Waals surface area contributed by atoms with Gasteiger partial charge in [-0.25, -0.2) is 9.69 Å². The monoisotopic (exact) mass is 318 g/mol. The average Bonchev–Trinajstić information content (AvgIpc) is 2.74. The number of carbonyl (C=O) groups excluding carboxylic acids is 3. The highest BCUT2D eigenvalue weighted by molar-refractivity contribution is 6.44. The van der Waals surface area contributed by atoms with E-state index < -0.39 is 17.8 Å². The summed E-state index contributed by atoms with van der Waals surface area (Å²) in [5.74, 6) is -1.33. The number of aromatic hydroxyl groups is 1. The number of nitrogens with zero attached hydrogens (tertiary/aromatic N) is 4. The largest absolute Gasteiger partial charge is 0.506 e.